The Bertz CT molecular complexity index is 803. The first-order chi connectivity index (χ1) is 13.3. The third-order valence-electron chi connectivity index (χ3n) is 5.09. The summed E-state index contributed by atoms with van der Waals surface area (Å²) in [6, 6.07) is 31.4. The number of carbonyl (C=O) groups is 1. The predicted molar refractivity (Wildman–Crippen MR) is 111 cm³/mol. The van der Waals surface area contributed by atoms with Gasteiger partial charge in [0.15, 0.2) is 0 Å². The molecule has 0 saturated carbocycles. The molecule has 0 aromatic heterocycles. The van der Waals surface area contributed by atoms with Gasteiger partial charge in [0.1, 0.15) is 0 Å². The summed E-state index contributed by atoms with van der Waals surface area (Å²) in [7, 11) is 0. The molecule has 1 fully saturated rings. The lowest BCUT2D eigenvalue weighted by Gasteiger charge is -2.44. The van der Waals surface area contributed by atoms with Gasteiger partial charge in [0.05, 0.1) is 16.0 Å². The highest BCUT2D eigenvalue weighted by atomic mass is 32.2. The second-order valence-corrected chi connectivity index (χ2v) is 8.02. The normalized spacial score (nSPS) is 19.2. The van der Waals surface area contributed by atoms with Gasteiger partial charge in [0.25, 0.3) is 0 Å². The van der Waals surface area contributed by atoms with Crippen molar-refractivity contribution in [3.05, 3.63) is 108 Å². The maximum Gasteiger partial charge on any atom is 0.228 e. The van der Waals surface area contributed by atoms with E-state index in [-0.39, 0.29) is 17.2 Å². The van der Waals surface area contributed by atoms with Gasteiger partial charge in [0, 0.05) is 6.54 Å². The van der Waals surface area contributed by atoms with Crippen LogP contribution in [0, 0.1) is 5.92 Å². The van der Waals surface area contributed by atoms with Crippen LogP contribution in [-0.4, -0.2) is 17.8 Å². The molecular formula is C23H22N2OS. The zero-order chi connectivity index (χ0) is 18.7. The molecule has 1 saturated heterocycles. The highest BCUT2D eigenvalue weighted by Gasteiger charge is 2.47. The third-order valence-corrected chi connectivity index (χ3v) is 6.85. The van der Waals surface area contributed by atoms with Crippen molar-refractivity contribution in [1.29, 1.82) is 0 Å². The highest BCUT2D eigenvalue weighted by Crippen LogP contribution is 2.51. The first kappa shape index (κ1) is 17.8. The topological polar surface area (TPSA) is 55.1 Å². The average molecular weight is 375 g/mol. The molecule has 0 bridgehead atoms. The molecule has 0 radical (unpaired) electrons. The molecule has 27 heavy (non-hydrogen) atoms. The van der Waals surface area contributed by atoms with E-state index in [1.165, 1.54) is 16.7 Å². The van der Waals surface area contributed by atoms with Crippen molar-refractivity contribution in [2.45, 2.75) is 10.1 Å². The summed E-state index contributed by atoms with van der Waals surface area (Å²) in [6.07, 6.45) is 0. The van der Waals surface area contributed by atoms with Crippen LogP contribution < -0.4 is 11.1 Å². The van der Waals surface area contributed by atoms with E-state index >= 15 is 0 Å². The van der Waals surface area contributed by atoms with Gasteiger partial charge in [-0.1, -0.05) is 91.0 Å². The van der Waals surface area contributed by atoms with Gasteiger partial charge in [-0.05, 0) is 16.7 Å². The summed E-state index contributed by atoms with van der Waals surface area (Å²) >= 11 is 1.76. The highest BCUT2D eigenvalue weighted by molar-refractivity contribution is 8.01. The number of thioether (sulfide) groups is 1. The molecule has 0 aliphatic carbocycles. The molecular weight excluding hydrogens is 352 g/mol. The number of hydrogen-bond donors (Lipinski definition) is 2. The standard InChI is InChI=1S/C23H22N2OS/c24-16-20-21(26)25-22(20)27-23(17-10-4-1-5-11-17,18-12-6-2-7-13-18)19-14-8-3-9-15-19/h1-15,20,22H,16,24H2,(H,25,26)/t20-,22+/m0/s1. The average Bonchev–Trinajstić information content (AvgIpc) is 2.73. The maximum atomic E-state index is 12.0. The quantitative estimate of drug-likeness (QED) is 0.510. The largest absolute Gasteiger partial charge is 0.343 e. The first-order valence-electron chi connectivity index (χ1n) is 9.10. The molecule has 1 heterocycles. The number of nitrogens with two attached hydrogens (primary N) is 1. The van der Waals surface area contributed by atoms with Crippen molar-refractivity contribution >= 4 is 17.7 Å². The van der Waals surface area contributed by atoms with Crippen LogP contribution in [0.1, 0.15) is 16.7 Å². The van der Waals surface area contributed by atoms with Gasteiger partial charge >= 0.3 is 0 Å². The molecule has 3 nitrogen and oxygen atoms in total. The van der Waals surface area contributed by atoms with Crippen LogP contribution in [-0.2, 0) is 9.54 Å². The number of amides is 1. The van der Waals surface area contributed by atoms with Crippen LogP contribution >= 0.6 is 11.8 Å². The molecule has 1 aliphatic rings. The lowest BCUT2D eigenvalue weighted by atomic mass is 9.84. The lowest BCUT2D eigenvalue weighted by molar-refractivity contribution is -0.131. The predicted octanol–water partition coefficient (Wildman–Crippen LogP) is 3.74. The smallest absolute Gasteiger partial charge is 0.228 e. The van der Waals surface area contributed by atoms with Gasteiger partial charge in [-0.25, -0.2) is 0 Å². The zero-order valence-corrected chi connectivity index (χ0v) is 15.7. The van der Waals surface area contributed by atoms with Gasteiger partial charge in [0.2, 0.25) is 5.91 Å². The monoisotopic (exact) mass is 374 g/mol. The van der Waals surface area contributed by atoms with Crippen LogP contribution in [0.25, 0.3) is 0 Å². The van der Waals surface area contributed by atoms with E-state index < -0.39 is 4.75 Å². The molecule has 4 rings (SSSR count). The molecule has 4 heteroatoms. The third kappa shape index (κ3) is 3.15. The van der Waals surface area contributed by atoms with Crippen LogP contribution in [0.3, 0.4) is 0 Å². The van der Waals surface area contributed by atoms with E-state index in [0.29, 0.717) is 6.54 Å². The van der Waals surface area contributed by atoms with Gasteiger partial charge in [-0.2, -0.15) is 0 Å². The zero-order valence-electron chi connectivity index (χ0n) is 14.9. The summed E-state index contributed by atoms with van der Waals surface area (Å²) in [5, 5.41) is 3.03. The lowest BCUT2D eigenvalue weighted by Crippen LogP contribution is -2.60. The van der Waals surface area contributed by atoms with Crippen LogP contribution in [0.15, 0.2) is 91.0 Å². The molecule has 136 valence electrons. The van der Waals surface area contributed by atoms with Crippen LogP contribution in [0.5, 0.6) is 0 Å². The van der Waals surface area contributed by atoms with Crippen molar-refractivity contribution in [3.8, 4) is 0 Å². The fraction of sp³-hybridized carbons (Fsp3) is 0.174. The minimum absolute atomic E-state index is 0.0249. The van der Waals surface area contributed by atoms with Gasteiger partial charge in [-0.3, -0.25) is 4.79 Å². The molecule has 3 aromatic rings. The summed E-state index contributed by atoms with van der Waals surface area (Å²) in [6.45, 7) is 0.359. The second kappa shape index (κ2) is 7.59. The Hall–Kier alpha value is -2.56. The van der Waals surface area contributed by atoms with Crippen LogP contribution in [0.2, 0.25) is 0 Å². The first-order valence-corrected chi connectivity index (χ1v) is 9.98. The van der Waals surface area contributed by atoms with Crippen molar-refractivity contribution in [3.63, 3.8) is 0 Å². The van der Waals surface area contributed by atoms with E-state index in [9.17, 15) is 4.79 Å². The van der Waals surface area contributed by atoms with E-state index in [1.54, 1.807) is 11.8 Å². The fourth-order valence-corrected chi connectivity index (χ4v) is 5.42. The molecule has 3 N–H and O–H groups in total. The Kier molecular flexibility index (Phi) is 5.01. The summed E-state index contributed by atoms with van der Waals surface area (Å²) in [5.74, 6) is -0.122. The van der Waals surface area contributed by atoms with Gasteiger partial charge < -0.3 is 11.1 Å². The molecule has 1 amide bonds. The molecule has 3 aromatic carbocycles. The Labute approximate surface area is 164 Å². The number of nitrogens with one attached hydrogen (secondary N) is 1. The van der Waals surface area contributed by atoms with E-state index in [2.05, 4.69) is 78.1 Å². The number of benzene rings is 3. The summed E-state index contributed by atoms with van der Waals surface area (Å²) in [4.78, 5) is 12.0. The number of rotatable bonds is 6. The molecule has 2 atom stereocenters. The van der Waals surface area contributed by atoms with Crippen molar-refractivity contribution in [2.24, 2.45) is 11.7 Å². The summed E-state index contributed by atoms with van der Waals surface area (Å²) < 4.78 is -0.435. The van der Waals surface area contributed by atoms with E-state index in [0.717, 1.165) is 0 Å². The Morgan fingerprint density at radius 1 is 0.778 bits per heavy atom. The molecule has 0 spiro atoms. The Morgan fingerprint density at radius 3 is 1.52 bits per heavy atom. The minimum atomic E-state index is -0.435. The van der Waals surface area contributed by atoms with Crippen molar-refractivity contribution < 1.29 is 4.79 Å². The number of β-lactam (4-membered cyclic amide) rings is 1. The fourth-order valence-electron chi connectivity index (χ4n) is 3.64. The van der Waals surface area contributed by atoms with Crippen molar-refractivity contribution in [1.82, 2.24) is 5.32 Å². The Balaban J connectivity index is 1.91. The Morgan fingerprint density at radius 2 is 1.19 bits per heavy atom. The SMILES string of the molecule is NC[C@H]1C(=O)N[C@@H]1SC(c1ccccc1)(c1ccccc1)c1ccccc1. The van der Waals surface area contributed by atoms with E-state index in [1.807, 2.05) is 18.2 Å². The maximum absolute atomic E-state index is 12.0. The van der Waals surface area contributed by atoms with E-state index in [4.69, 9.17) is 5.73 Å². The minimum Gasteiger partial charge on any atom is -0.343 e. The number of carbonyl (C=O) groups excluding carboxylic acids is 1. The molecule has 1 aliphatic heterocycles. The summed E-state index contributed by atoms with van der Waals surface area (Å²) in [5.41, 5.74) is 9.43. The van der Waals surface area contributed by atoms with Gasteiger partial charge in [-0.15, -0.1) is 11.8 Å². The van der Waals surface area contributed by atoms with Crippen molar-refractivity contribution in [2.75, 3.05) is 6.54 Å². The van der Waals surface area contributed by atoms with Crippen LogP contribution in [0.4, 0.5) is 0 Å². The number of hydrogen-bond acceptors (Lipinski definition) is 3. The second-order valence-electron chi connectivity index (χ2n) is 6.67. The molecule has 0 unspecified atom stereocenters.